The minimum atomic E-state index is -0.289. The molecule has 0 saturated carbocycles. The Morgan fingerprint density at radius 2 is 1.74 bits per heavy atom. The molecular weight excluding hydrogens is 410 g/mol. The summed E-state index contributed by atoms with van der Waals surface area (Å²) in [6.07, 6.45) is 6.86. The minimum absolute atomic E-state index is 0.289. The maximum atomic E-state index is 12.9. The van der Waals surface area contributed by atoms with Crippen molar-refractivity contribution >= 4 is 40.7 Å². The molecule has 152 valence electrons. The van der Waals surface area contributed by atoms with E-state index < -0.39 is 0 Å². The molecular formula is C24H18ClN5O. The van der Waals surface area contributed by atoms with Crippen molar-refractivity contribution in [3.8, 4) is 11.3 Å². The van der Waals surface area contributed by atoms with Crippen LogP contribution in [0.15, 0.2) is 79.1 Å². The third kappa shape index (κ3) is 3.47. The molecule has 7 heteroatoms. The molecule has 1 amide bonds. The van der Waals surface area contributed by atoms with E-state index in [1.165, 1.54) is 6.08 Å². The molecule has 0 fully saturated rings. The fourth-order valence-corrected chi connectivity index (χ4v) is 3.81. The van der Waals surface area contributed by atoms with Gasteiger partial charge >= 0.3 is 0 Å². The van der Waals surface area contributed by atoms with Crippen molar-refractivity contribution in [3.63, 3.8) is 0 Å². The predicted octanol–water partition coefficient (Wildman–Crippen LogP) is 5.26. The summed E-state index contributed by atoms with van der Waals surface area (Å²) in [4.78, 5) is 21.9. The Kier molecular flexibility index (Phi) is 4.76. The van der Waals surface area contributed by atoms with E-state index in [1.54, 1.807) is 6.08 Å². The van der Waals surface area contributed by atoms with Gasteiger partial charge in [0.25, 0.3) is 0 Å². The van der Waals surface area contributed by atoms with Gasteiger partial charge in [-0.05, 0) is 36.8 Å². The van der Waals surface area contributed by atoms with Crippen molar-refractivity contribution in [2.45, 2.75) is 6.92 Å². The highest BCUT2D eigenvalue weighted by atomic mass is 35.5. The lowest BCUT2D eigenvalue weighted by Crippen LogP contribution is -2.11. The highest BCUT2D eigenvalue weighted by molar-refractivity contribution is 6.31. The third-order valence-corrected chi connectivity index (χ3v) is 5.33. The standard InChI is InChI=1S/C24H18ClN5O/c1-16-8-7-15-30-23(16)28-21(17-9-3-2-4-10-17)24(30)27-20(31)13-12-18-22(25)26-19-11-5-6-14-29(18)19/h2-15H,1H3,(H,27,31)/b13-12+. The maximum Gasteiger partial charge on any atom is 0.249 e. The normalized spacial score (nSPS) is 11.5. The highest BCUT2D eigenvalue weighted by Gasteiger charge is 2.17. The number of benzene rings is 1. The zero-order valence-electron chi connectivity index (χ0n) is 16.7. The lowest BCUT2D eigenvalue weighted by molar-refractivity contribution is -0.111. The SMILES string of the molecule is Cc1cccn2c(NC(=O)/C=C/c3c(Cl)nc4ccccn34)c(-c3ccccc3)nc12. The van der Waals surface area contributed by atoms with Gasteiger partial charge in [0.2, 0.25) is 5.91 Å². The molecule has 4 aromatic heterocycles. The van der Waals surface area contributed by atoms with Gasteiger partial charge in [-0.1, -0.05) is 54.1 Å². The van der Waals surface area contributed by atoms with E-state index in [2.05, 4.69) is 10.3 Å². The molecule has 1 aromatic carbocycles. The Hall–Kier alpha value is -3.90. The second kappa shape index (κ2) is 7.74. The van der Waals surface area contributed by atoms with E-state index in [1.807, 2.05) is 88.8 Å². The monoisotopic (exact) mass is 427 g/mol. The number of imidazole rings is 2. The van der Waals surface area contributed by atoms with Gasteiger partial charge in [0.1, 0.15) is 22.8 Å². The van der Waals surface area contributed by atoms with Crippen LogP contribution in [0.1, 0.15) is 11.3 Å². The number of amides is 1. The number of halogens is 1. The molecule has 0 radical (unpaired) electrons. The second-order valence-corrected chi connectivity index (χ2v) is 7.46. The van der Waals surface area contributed by atoms with E-state index in [4.69, 9.17) is 16.6 Å². The van der Waals surface area contributed by atoms with Crippen LogP contribution < -0.4 is 5.32 Å². The van der Waals surface area contributed by atoms with Crippen LogP contribution in [0.25, 0.3) is 28.6 Å². The summed E-state index contributed by atoms with van der Waals surface area (Å²) >= 11 is 6.27. The largest absolute Gasteiger partial charge is 0.306 e. The number of pyridine rings is 2. The predicted molar refractivity (Wildman–Crippen MR) is 123 cm³/mol. The van der Waals surface area contributed by atoms with Gasteiger partial charge in [-0.15, -0.1) is 0 Å². The van der Waals surface area contributed by atoms with Gasteiger partial charge in [-0.25, -0.2) is 9.97 Å². The van der Waals surface area contributed by atoms with Crippen LogP contribution in [0.3, 0.4) is 0 Å². The molecule has 0 saturated heterocycles. The molecule has 31 heavy (non-hydrogen) atoms. The van der Waals surface area contributed by atoms with Gasteiger partial charge in [-0.2, -0.15) is 0 Å². The number of carbonyl (C=O) groups excluding carboxylic acids is 1. The molecule has 0 atom stereocenters. The van der Waals surface area contributed by atoms with E-state index in [0.717, 1.165) is 22.4 Å². The number of anilines is 1. The lowest BCUT2D eigenvalue weighted by atomic mass is 10.1. The number of hydrogen-bond acceptors (Lipinski definition) is 3. The fourth-order valence-electron chi connectivity index (χ4n) is 3.57. The van der Waals surface area contributed by atoms with Gasteiger partial charge in [0, 0.05) is 24.0 Å². The fraction of sp³-hybridized carbons (Fsp3) is 0.0417. The first-order valence-electron chi connectivity index (χ1n) is 9.76. The molecule has 5 aromatic rings. The van der Waals surface area contributed by atoms with E-state index in [0.29, 0.717) is 22.4 Å². The van der Waals surface area contributed by atoms with E-state index in [-0.39, 0.29) is 5.91 Å². The van der Waals surface area contributed by atoms with Crippen LogP contribution in [-0.4, -0.2) is 24.7 Å². The summed E-state index contributed by atoms with van der Waals surface area (Å²) < 4.78 is 3.73. The average Bonchev–Trinajstić information content (AvgIpc) is 3.31. The zero-order chi connectivity index (χ0) is 21.4. The number of aromatic nitrogens is 4. The molecule has 0 bridgehead atoms. The number of aryl methyl sites for hydroxylation is 1. The number of hydrogen-bond donors (Lipinski definition) is 1. The van der Waals surface area contributed by atoms with Crippen molar-refractivity contribution in [1.29, 1.82) is 0 Å². The van der Waals surface area contributed by atoms with Crippen LogP contribution in [0.2, 0.25) is 5.15 Å². The summed E-state index contributed by atoms with van der Waals surface area (Å²) in [6, 6.07) is 19.3. The molecule has 0 aliphatic carbocycles. The molecule has 5 rings (SSSR count). The summed E-state index contributed by atoms with van der Waals surface area (Å²) in [7, 11) is 0. The number of rotatable bonds is 4. The van der Waals surface area contributed by atoms with Crippen molar-refractivity contribution in [2.24, 2.45) is 0 Å². The summed E-state index contributed by atoms with van der Waals surface area (Å²) in [5.41, 5.74) is 4.82. The van der Waals surface area contributed by atoms with Gasteiger partial charge in [0.05, 0.1) is 5.69 Å². The molecule has 6 nitrogen and oxygen atoms in total. The summed E-state index contributed by atoms with van der Waals surface area (Å²) in [5, 5.41) is 3.33. The molecule has 0 unspecified atom stereocenters. The molecule has 4 heterocycles. The van der Waals surface area contributed by atoms with Crippen LogP contribution in [0.4, 0.5) is 5.82 Å². The highest BCUT2D eigenvalue weighted by Crippen LogP contribution is 2.30. The average molecular weight is 428 g/mol. The quantitative estimate of drug-likeness (QED) is 0.398. The lowest BCUT2D eigenvalue weighted by Gasteiger charge is -2.06. The minimum Gasteiger partial charge on any atom is -0.306 e. The Balaban J connectivity index is 1.53. The molecule has 0 aliphatic rings. The number of carbonyl (C=O) groups is 1. The van der Waals surface area contributed by atoms with Crippen molar-refractivity contribution < 1.29 is 4.79 Å². The van der Waals surface area contributed by atoms with Crippen LogP contribution >= 0.6 is 11.6 Å². The van der Waals surface area contributed by atoms with Crippen LogP contribution in [-0.2, 0) is 4.79 Å². The molecule has 0 spiro atoms. The first kappa shape index (κ1) is 19.1. The Bertz CT molecular complexity index is 1450. The third-order valence-electron chi connectivity index (χ3n) is 5.05. The molecule has 0 aliphatic heterocycles. The Labute approximate surface area is 183 Å². The number of nitrogens with one attached hydrogen (secondary N) is 1. The van der Waals surface area contributed by atoms with Crippen LogP contribution in [0, 0.1) is 6.92 Å². The first-order chi connectivity index (χ1) is 15.1. The van der Waals surface area contributed by atoms with Gasteiger partial charge in [0.15, 0.2) is 5.15 Å². The van der Waals surface area contributed by atoms with Gasteiger partial charge < -0.3 is 5.32 Å². The molecule has 1 N–H and O–H groups in total. The number of nitrogens with zero attached hydrogens (tertiary/aromatic N) is 4. The Morgan fingerprint density at radius 1 is 0.968 bits per heavy atom. The van der Waals surface area contributed by atoms with Crippen LogP contribution in [0.5, 0.6) is 0 Å². The topological polar surface area (TPSA) is 63.7 Å². The second-order valence-electron chi connectivity index (χ2n) is 7.10. The Morgan fingerprint density at radius 3 is 2.58 bits per heavy atom. The first-order valence-corrected chi connectivity index (χ1v) is 10.1. The van der Waals surface area contributed by atoms with E-state index >= 15 is 0 Å². The smallest absolute Gasteiger partial charge is 0.249 e. The van der Waals surface area contributed by atoms with E-state index in [9.17, 15) is 4.79 Å². The van der Waals surface area contributed by atoms with Crippen molar-refractivity contribution in [3.05, 3.63) is 95.5 Å². The summed E-state index contributed by atoms with van der Waals surface area (Å²) in [6.45, 7) is 2.00. The van der Waals surface area contributed by atoms with Gasteiger partial charge in [-0.3, -0.25) is 13.6 Å². The summed E-state index contributed by atoms with van der Waals surface area (Å²) in [5.74, 6) is 0.325. The van der Waals surface area contributed by atoms with Crippen molar-refractivity contribution in [1.82, 2.24) is 18.8 Å². The number of fused-ring (bicyclic) bond motifs is 2. The zero-order valence-corrected chi connectivity index (χ0v) is 17.4. The van der Waals surface area contributed by atoms with Crippen molar-refractivity contribution in [2.75, 3.05) is 5.32 Å². The maximum absolute atomic E-state index is 12.9.